The van der Waals surface area contributed by atoms with Crippen molar-refractivity contribution in [3.8, 4) is 0 Å². The van der Waals surface area contributed by atoms with Crippen molar-refractivity contribution in [3.63, 3.8) is 0 Å². The molecule has 0 saturated carbocycles. The largest absolute Gasteiger partial charge is 0.432 e. The molecule has 1 aromatic rings. The fourth-order valence-corrected chi connectivity index (χ4v) is 0.414. The maximum Gasteiger partial charge on any atom is 0.432 e. The number of rotatable bonds is 0. The lowest BCUT2D eigenvalue weighted by molar-refractivity contribution is -0.141. The first-order valence-electron chi connectivity index (χ1n) is 2.87. The molecule has 0 bridgehead atoms. The summed E-state index contributed by atoms with van der Waals surface area (Å²) in [5.41, 5.74) is -0.817. The van der Waals surface area contributed by atoms with E-state index in [1.807, 2.05) is 0 Å². The number of halogens is 3. The zero-order valence-corrected chi connectivity index (χ0v) is 7.17. The molecule has 6 nitrogen and oxygen atoms in total. The second kappa shape index (κ2) is 4.39. The van der Waals surface area contributed by atoms with Crippen molar-refractivity contribution in [2.75, 3.05) is 0 Å². The molecule has 0 aromatic carbocycles. The first-order valence-corrected chi connectivity index (χ1v) is 4.27. The number of nitrogens with zero attached hydrogens (tertiary/aromatic N) is 1. The molecule has 0 fully saturated rings. The molecular weight excluding hydrogens is 229 g/mol. The van der Waals surface area contributed by atoms with E-state index < -0.39 is 22.3 Å². The van der Waals surface area contributed by atoms with Crippen molar-refractivity contribution < 1.29 is 30.7 Å². The minimum atomic E-state index is -4.67. The van der Waals surface area contributed by atoms with E-state index in [0.29, 0.717) is 0 Å². The average molecular weight is 234 g/mol. The molecule has 0 atom stereocenters. The Kier molecular flexibility index (Phi) is 4.04. The molecule has 0 saturated heterocycles. The highest BCUT2D eigenvalue weighted by atomic mass is 32.3. The fraction of sp³-hybridized carbons (Fsp3) is 0.250. The van der Waals surface area contributed by atoms with E-state index in [1.54, 1.807) is 5.10 Å². The summed E-state index contributed by atoms with van der Waals surface area (Å²) in [6.45, 7) is 0. The van der Waals surface area contributed by atoms with E-state index in [4.69, 9.17) is 17.5 Å². The molecular formula is C4H5F3N2O4S. The second-order valence-corrected chi connectivity index (χ2v) is 2.81. The Morgan fingerprint density at radius 3 is 1.93 bits per heavy atom. The molecule has 1 aromatic heterocycles. The number of nitrogens with one attached hydrogen (secondary N) is 1. The number of aromatic nitrogens is 2. The number of alkyl halides is 3. The van der Waals surface area contributed by atoms with Crippen LogP contribution in [0.4, 0.5) is 13.2 Å². The van der Waals surface area contributed by atoms with E-state index in [0.717, 1.165) is 12.3 Å². The van der Waals surface area contributed by atoms with Gasteiger partial charge in [0.05, 0.1) is 0 Å². The monoisotopic (exact) mass is 234 g/mol. The van der Waals surface area contributed by atoms with Crippen LogP contribution in [0.1, 0.15) is 5.69 Å². The SMILES string of the molecule is FC(F)(F)c1ccn[nH]1.O=S(=O)(O)O. The predicted octanol–water partition coefficient (Wildman–Crippen LogP) is 0.776. The number of H-pyrrole nitrogens is 1. The van der Waals surface area contributed by atoms with Gasteiger partial charge in [-0.2, -0.15) is 26.7 Å². The van der Waals surface area contributed by atoms with E-state index in [-0.39, 0.29) is 0 Å². The third kappa shape index (κ3) is 7.52. The molecule has 0 radical (unpaired) electrons. The second-order valence-electron chi connectivity index (χ2n) is 1.92. The van der Waals surface area contributed by atoms with Crippen LogP contribution in [0.5, 0.6) is 0 Å². The zero-order valence-electron chi connectivity index (χ0n) is 6.35. The molecule has 0 spiro atoms. The smallest absolute Gasteiger partial charge is 0.274 e. The predicted molar refractivity (Wildman–Crippen MR) is 37.8 cm³/mol. The zero-order chi connectivity index (χ0) is 11.4. The van der Waals surface area contributed by atoms with E-state index in [2.05, 4.69) is 5.10 Å². The number of hydrogen-bond donors (Lipinski definition) is 3. The Morgan fingerprint density at radius 1 is 1.36 bits per heavy atom. The van der Waals surface area contributed by atoms with Crippen molar-refractivity contribution in [1.82, 2.24) is 10.2 Å². The van der Waals surface area contributed by atoms with Gasteiger partial charge in [-0.05, 0) is 6.07 Å². The van der Waals surface area contributed by atoms with Crippen LogP contribution >= 0.6 is 0 Å². The summed E-state index contributed by atoms with van der Waals surface area (Å²) < 4.78 is 66.2. The maximum atomic E-state index is 11.5. The maximum absolute atomic E-state index is 11.5. The number of aromatic amines is 1. The quantitative estimate of drug-likeness (QED) is 0.575. The van der Waals surface area contributed by atoms with Gasteiger partial charge in [0.25, 0.3) is 0 Å². The molecule has 14 heavy (non-hydrogen) atoms. The standard InChI is InChI=1S/C4H3F3N2.H2O4S/c5-4(6,7)3-1-2-8-9-3;1-5(2,3)4/h1-2H,(H,8,9);(H2,1,2,3,4). The summed E-state index contributed by atoms with van der Waals surface area (Å²) >= 11 is 0. The molecule has 3 N–H and O–H groups in total. The van der Waals surface area contributed by atoms with Crippen LogP contribution in [0, 0.1) is 0 Å². The molecule has 0 aliphatic carbocycles. The van der Waals surface area contributed by atoms with Crippen molar-refractivity contribution in [1.29, 1.82) is 0 Å². The van der Waals surface area contributed by atoms with Crippen LogP contribution in [0.3, 0.4) is 0 Å². The van der Waals surface area contributed by atoms with Gasteiger partial charge in [-0.3, -0.25) is 14.2 Å². The molecule has 0 aliphatic heterocycles. The summed E-state index contributed by atoms with van der Waals surface area (Å²) in [4.78, 5) is 0. The van der Waals surface area contributed by atoms with Crippen molar-refractivity contribution >= 4 is 10.4 Å². The lowest BCUT2D eigenvalue weighted by Gasteiger charge is -1.99. The summed E-state index contributed by atoms with van der Waals surface area (Å²) in [5.74, 6) is 0. The van der Waals surface area contributed by atoms with Gasteiger partial charge in [0.2, 0.25) is 0 Å². The first kappa shape index (κ1) is 12.9. The van der Waals surface area contributed by atoms with Gasteiger partial charge in [0.1, 0.15) is 5.69 Å². The summed E-state index contributed by atoms with van der Waals surface area (Å²) in [6, 6.07) is 0.875. The molecule has 0 unspecified atom stereocenters. The molecule has 82 valence electrons. The first-order chi connectivity index (χ1) is 6.11. The molecule has 0 amide bonds. The van der Waals surface area contributed by atoms with Crippen LogP contribution in [0.15, 0.2) is 12.3 Å². The minimum Gasteiger partial charge on any atom is -0.274 e. The van der Waals surface area contributed by atoms with Gasteiger partial charge in [-0.15, -0.1) is 0 Å². The van der Waals surface area contributed by atoms with Crippen LogP contribution in [-0.4, -0.2) is 27.7 Å². The third-order valence-corrected chi connectivity index (χ3v) is 0.806. The van der Waals surface area contributed by atoms with E-state index in [1.165, 1.54) is 0 Å². The van der Waals surface area contributed by atoms with Gasteiger partial charge in [0, 0.05) is 6.20 Å². The Hall–Kier alpha value is -1.13. The van der Waals surface area contributed by atoms with Gasteiger partial charge >= 0.3 is 16.6 Å². The van der Waals surface area contributed by atoms with Crippen LogP contribution in [-0.2, 0) is 16.6 Å². The topological polar surface area (TPSA) is 103 Å². The van der Waals surface area contributed by atoms with E-state index >= 15 is 0 Å². The minimum absolute atomic E-state index is 0.817. The highest BCUT2D eigenvalue weighted by Gasteiger charge is 2.31. The van der Waals surface area contributed by atoms with Crippen molar-refractivity contribution in [3.05, 3.63) is 18.0 Å². The third-order valence-electron chi connectivity index (χ3n) is 0.806. The van der Waals surface area contributed by atoms with Crippen LogP contribution < -0.4 is 0 Å². The van der Waals surface area contributed by atoms with Crippen LogP contribution in [0.25, 0.3) is 0 Å². The Labute approximate surface area is 76.3 Å². The van der Waals surface area contributed by atoms with Gasteiger partial charge in [-0.1, -0.05) is 0 Å². The molecule has 1 heterocycles. The van der Waals surface area contributed by atoms with Gasteiger partial charge < -0.3 is 0 Å². The summed E-state index contributed by atoms with van der Waals surface area (Å²) in [5, 5.41) is 4.95. The lowest BCUT2D eigenvalue weighted by Crippen LogP contribution is -2.04. The lowest BCUT2D eigenvalue weighted by atomic mass is 10.4. The molecule has 1 rings (SSSR count). The van der Waals surface area contributed by atoms with Crippen molar-refractivity contribution in [2.45, 2.75) is 6.18 Å². The highest BCUT2D eigenvalue weighted by molar-refractivity contribution is 7.79. The number of hydrogen-bond acceptors (Lipinski definition) is 3. The summed E-state index contributed by atoms with van der Waals surface area (Å²) in [7, 11) is -4.67. The summed E-state index contributed by atoms with van der Waals surface area (Å²) in [6.07, 6.45) is -3.24. The Balaban J connectivity index is 0.000000292. The Bertz CT molecular complexity index is 348. The van der Waals surface area contributed by atoms with Crippen molar-refractivity contribution in [2.24, 2.45) is 0 Å². The Morgan fingerprint density at radius 2 is 1.79 bits per heavy atom. The molecule has 0 aliphatic rings. The molecule has 10 heteroatoms. The highest BCUT2D eigenvalue weighted by Crippen LogP contribution is 2.26. The van der Waals surface area contributed by atoms with Crippen LogP contribution in [0.2, 0.25) is 0 Å². The van der Waals surface area contributed by atoms with Gasteiger partial charge in [0.15, 0.2) is 0 Å². The fourth-order valence-electron chi connectivity index (χ4n) is 0.414. The normalized spacial score (nSPS) is 11.8. The van der Waals surface area contributed by atoms with E-state index in [9.17, 15) is 13.2 Å². The van der Waals surface area contributed by atoms with Gasteiger partial charge in [-0.25, -0.2) is 0 Å². The average Bonchev–Trinajstić information content (AvgIpc) is 2.28.